The molecule has 0 aliphatic heterocycles. The minimum Gasteiger partial charge on any atom is -0.497 e. The first-order valence-corrected chi connectivity index (χ1v) is 4.20. The zero-order chi connectivity index (χ0) is 9.68. The van der Waals surface area contributed by atoms with Crippen molar-refractivity contribution < 1.29 is 9.84 Å². The molecule has 0 atom stereocenters. The van der Waals surface area contributed by atoms with Crippen LogP contribution in [0.15, 0.2) is 30.3 Å². The molecule has 0 aliphatic carbocycles. The van der Waals surface area contributed by atoms with Crippen molar-refractivity contribution in [1.82, 2.24) is 0 Å². The van der Waals surface area contributed by atoms with E-state index < -0.39 is 0 Å². The summed E-state index contributed by atoms with van der Waals surface area (Å²) in [6.07, 6.45) is 1.78. The van der Waals surface area contributed by atoms with Crippen LogP contribution in [0.4, 0.5) is 0 Å². The van der Waals surface area contributed by atoms with E-state index in [1.165, 1.54) is 0 Å². The molecule has 0 aromatic heterocycles. The van der Waals surface area contributed by atoms with Gasteiger partial charge in [0.25, 0.3) is 0 Å². The molecule has 0 heterocycles. The van der Waals surface area contributed by atoms with Gasteiger partial charge in [0.2, 0.25) is 0 Å². The van der Waals surface area contributed by atoms with Crippen molar-refractivity contribution >= 4 is 5.57 Å². The van der Waals surface area contributed by atoms with Gasteiger partial charge in [-0.15, -0.1) is 0 Å². The number of benzene rings is 1. The maximum atomic E-state index is 8.70. The highest BCUT2D eigenvalue weighted by Gasteiger charge is 1.95. The molecule has 0 radical (unpaired) electrons. The Balaban J connectivity index is 2.85. The molecule has 2 nitrogen and oxygen atoms in total. The first-order valence-electron chi connectivity index (χ1n) is 4.20. The van der Waals surface area contributed by atoms with E-state index in [4.69, 9.17) is 9.84 Å². The quantitative estimate of drug-likeness (QED) is 0.768. The van der Waals surface area contributed by atoms with Crippen LogP contribution in [0.1, 0.15) is 12.5 Å². The lowest BCUT2D eigenvalue weighted by molar-refractivity contribution is 0.343. The average Bonchev–Trinajstić information content (AvgIpc) is 2.18. The van der Waals surface area contributed by atoms with Crippen LogP contribution in [-0.4, -0.2) is 18.8 Å². The van der Waals surface area contributed by atoms with Crippen LogP contribution in [0, 0.1) is 0 Å². The summed E-state index contributed by atoms with van der Waals surface area (Å²) >= 11 is 0. The second kappa shape index (κ2) is 4.67. The van der Waals surface area contributed by atoms with Crippen LogP contribution in [-0.2, 0) is 0 Å². The second-order valence-corrected chi connectivity index (χ2v) is 2.80. The summed E-state index contributed by atoms with van der Waals surface area (Å²) in [4.78, 5) is 0. The summed E-state index contributed by atoms with van der Waals surface area (Å²) in [5.41, 5.74) is 2.18. The van der Waals surface area contributed by atoms with Crippen molar-refractivity contribution in [3.63, 3.8) is 0 Å². The molecule has 1 aromatic carbocycles. The van der Waals surface area contributed by atoms with Gasteiger partial charge in [-0.3, -0.25) is 0 Å². The number of hydrogen-bond donors (Lipinski definition) is 1. The smallest absolute Gasteiger partial charge is 0.118 e. The van der Waals surface area contributed by atoms with Gasteiger partial charge in [-0.25, -0.2) is 0 Å². The van der Waals surface area contributed by atoms with Gasteiger partial charge in [0.15, 0.2) is 0 Å². The van der Waals surface area contributed by atoms with Crippen LogP contribution in [0.5, 0.6) is 5.75 Å². The fraction of sp³-hybridized carbons (Fsp3) is 0.273. The lowest BCUT2D eigenvalue weighted by Crippen LogP contribution is -1.85. The van der Waals surface area contributed by atoms with Crippen molar-refractivity contribution in [1.29, 1.82) is 0 Å². The second-order valence-electron chi connectivity index (χ2n) is 2.80. The first kappa shape index (κ1) is 9.81. The molecular formula is C11H14O2. The van der Waals surface area contributed by atoms with Gasteiger partial charge in [-0.05, 0) is 30.2 Å². The SMILES string of the molecule is COc1ccc(/C(C)=C/CO)cc1. The molecule has 0 aliphatic rings. The minimum atomic E-state index is 0.0812. The Morgan fingerprint density at radius 2 is 2.00 bits per heavy atom. The molecule has 0 unspecified atom stereocenters. The van der Waals surface area contributed by atoms with E-state index in [0.29, 0.717) is 0 Å². The third-order valence-corrected chi connectivity index (χ3v) is 1.94. The van der Waals surface area contributed by atoms with E-state index in [1.807, 2.05) is 31.2 Å². The summed E-state index contributed by atoms with van der Waals surface area (Å²) < 4.78 is 5.04. The molecule has 70 valence electrons. The minimum absolute atomic E-state index is 0.0812. The molecule has 0 bridgehead atoms. The van der Waals surface area contributed by atoms with Gasteiger partial charge in [-0.1, -0.05) is 18.2 Å². The standard InChI is InChI=1S/C11H14O2/c1-9(7-8-12)10-3-5-11(13-2)6-4-10/h3-7,12H,8H2,1-2H3/b9-7+. The van der Waals surface area contributed by atoms with Crippen LogP contribution in [0.3, 0.4) is 0 Å². The number of aliphatic hydroxyl groups is 1. The molecule has 0 spiro atoms. The normalized spacial score (nSPS) is 11.5. The number of rotatable bonds is 3. The van der Waals surface area contributed by atoms with E-state index in [0.717, 1.165) is 16.9 Å². The van der Waals surface area contributed by atoms with Crippen molar-refractivity contribution in [3.05, 3.63) is 35.9 Å². The molecule has 1 N–H and O–H groups in total. The highest BCUT2D eigenvalue weighted by molar-refractivity contribution is 5.64. The maximum absolute atomic E-state index is 8.70. The van der Waals surface area contributed by atoms with E-state index in [1.54, 1.807) is 13.2 Å². The first-order chi connectivity index (χ1) is 6.27. The monoisotopic (exact) mass is 178 g/mol. The molecule has 0 saturated carbocycles. The molecule has 0 amide bonds. The Bertz CT molecular complexity index is 285. The molecule has 1 rings (SSSR count). The summed E-state index contributed by atoms with van der Waals surface area (Å²) in [6.45, 7) is 2.05. The van der Waals surface area contributed by atoms with Crippen molar-refractivity contribution in [2.45, 2.75) is 6.92 Å². The van der Waals surface area contributed by atoms with E-state index in [9.17, 15) is 0 Å². The third kappa shape index (κ3) is 2.60. The largest absolute Gasteiger partial charge is 0.497 e. The number of aliphatic hydroxyl groups excluding tert-OH is 1. The number of methoxy groups -OCH3 is 1. The average molecular weight is 178 g/mol. The number of hydrogen-bond acceptors (Lipinski definition) is 2. The van der Waals surface area contributed by atoms with E-state index >= 15 is 0 Å². The number of ether oxygens (including phenoxy) is 1. The van der Waals surface area contributed by atoms with Crippen LogP contribution < -0.4 is 4.74 Å². The van der Waals surface area contributed by atoms with Gasteiger partial charge >= 0.3 is 0 Å². The van der Waals surface area contributed by atoms with E-state index in [2.05, 4.69) is 0 Å². The zero-order valence-corrected chi connectivity index (χ0v) is 7.95. The Labute approximate surface area is 78.5 Å². The Hall–Kier alpha value is -1.28. The van der Waals surface area contributed by atoms with E-state index in [-0.39, 0.29) is 6.61 Å². The maximum Gasteiger partial charge on any atom is 0.118 e. The Kier molecular flexibility index (Phi) is 3.53. The highest BCUT2D eigenvalue weighted by Crippen LogP contribution is 2.17. The van der Waals surface area contributed by atoms with Crippen LogP contribution in [0.2, 0.25) is 0 Å². The predicted molar refractivity (Wildman–Crippen MR) is 53.7 cm³/mol. The molecular weight excluding hydrogens is 164 g/mol. The fourth-order valence-corrected chi connectivity index (χ4v) is 1.11. The molecule has 13 heavy (non-hydrogen) atoms. The van der Waals surface area contributed by atoms with Crippen LogP contribution >= 0.6 is 0 Å². The summed E-state index contributed by atoms with van der Waals surface area (Å²) in [5.74, 6) is 0.848. The van der Waals surface area contributed by atoms with Gasteiger partial charge in [-0.2, -0.15) is 0 Å². The third-order valence-electron chi connectivity index (χ3n) is 1.94. The molecule has 1 aromatic rings. The Morgan fingerprint density at radius 1 is 1.38 bits per heavy atom. The highest BCUT2D eigenvalue weighted by atomic mass is 16.5. The van der Waals surface area contributed by atoms with Gasteiger partial charge in [0.1, 0.15) is 5.75 Å². The predicted octanol–water partition coefficient (Wildman–Crippen LogP) is 2.09. The van der Waals surface area contributed by atoms with Crippen molar-refractivity contribution in [3.8, 4) is 5.75 Å². The Morgan fingerprint density at radius 3 is 2.46 bits per heavy atom. The van der Waals surface area contributed by atoms with Gasteiger partial charge in [0, 0.05) is 0 Å². The summed E-state index contributed by atoms with van der Waals surface area (Å²) in [6, 6.07) is 7.76. The van der Waals surface area contributed by atoms with Crippen LogP contribution in [0.25, 0.3) is 5.57 Å². The topological polar surface area (TPSA) is 29.5 Å². The fourth-order valence-electron chi connectivity index (χ4n) is 1.11. The lowest BCUT2D eigenvalue weighted by Gasteiger charge is -2.02. The summed E-state index contributed by atoms with van der Waals surface area (Å²) in [7, 11) is 1.64. The molecule has 2 heteroatoms. The zero-order valence-electron chi connectivity index (χ0n) is 7.95. The van der Waals surface area contributed by atoms with Crippen molar-refractivity contribution in [2.24, 2.45) is 0 Å². The van der Waals surface area contributed by atoms with Crippen molar-refractivity contribution in [2.75, 3.05) is 13.7 Å². The van der Waals surface area contributed by atoms with Gasteiger partial charge < -0.3 is 9.84 Å². The molecule has 0 saturated heterocycles. The lowest BCUT2D eigenvalue weighted by atomic mass is 10.1. The van der Waals surface area contributed by atoms with Gasteiger partial charge in [0.05, 0.1) is 13.7 Å². The molecule has 0 fully saturated rings. The number of allylic oxidation sites excluding steroid dienone is 1. The summed E-state index contributed by atoms with van der Waals surface area (Å²) in [5, 5.41) is 8.70.